The molecule has 0 aliphatic heterocycles. The Kier molecular flexibility index (Phi) is 4.29. The lowest BCUT2D eigenvalue weighted by molar-refractivity contribution is 0.102. The van der Waals surface area contributed by atoms with Crippen molar-refractivity contribution >= 4 is 44.7 Å². The van der Waals surface area contributed by atoms with Gasteiger partial charge in [0.25, 0.3) is 5.91 Å². The first-order valence-electron chi connectivity index (χ1n) is 5.53. The van der Waals surface area contributed by atoms with Gasteiger partial charge in [0.2, 0.25) is 0 Å². The number of anilines is 1. The molecule has 19 heavy (non-hydrogen) atoms. The van der Waals surface area contributed by atoms with E-state index in [9.17, 15) is 4.79 Å². The zero-order chi connectivity index (χ0) is 13.8. The molecule has 0 bridgehead atoms. The molecule has 0 spiro atoms. The van der Waals surface area contributed by atoms with Crippen molar-refractivity contribution < 1.29 is 4.79 Å². The molecule has 0 aliphatic carbocycles. The highest BCUT2D eigenvalue weighted by molar-refractivity contribution is 9.10. The Bertz CT molecular complexity index is 626. The van der Waals surface area contributed by atoms with Crippen molar-refractivity contribution in [1.29, 1.82) is 0 Å². The summed E-state index contributed by atoms with van der Waals surface area (Å²) in [6.45, 7) is 0. The van der Waals surface area contributed by atoms with Gasteiger partial charge < -0.3 is 11.1 Å². The van der Waals surface area contributed by atoms with Crippen LogP contribution in [0, 0.1) is 0 Å². The topological polar surface area (TPSA) is 55.1 Å². The van der Waals surface area contributed by atoms with E-state index in [0.717, 1.165) is 10.0 Å². The third-order valence-corrected chi connectivity index (χ3v) is 3.24. The lowest BCUT2D eigenvalue weighted by Gasteiger charge is -2.06. The minimum absolute atomic E-state index is 0.163. The van der Waals surface area contributed by atoms with Crippen LogP contribution in [0.2, 0.25) is 0 Å². The number of hydrogen-bond donors (Lipinski definition) is 2. The van der Waals surface area contributed by atoms with E-state index in [4.69, 9.17) is 18.0 Å². The molecule has 0 saturated carbocycles. The molecule has 2 rings (SSSR count). The van der Waals surface area contributed by atoms with Crippen molar-refractivity contribution in [2.24, 2.45) is 5.73 Å². The number of amides is 1. The van der Waals surface area contributed by atoms with E-state index < -0.39 is 0 Å². The van der Waals surface area contributed by atoms with Gasteiger partial charge in [0, 0.05) is 21.3 Å². The van der Waals surface area contributed by atoms with E-state index in [2.05, 4.69) is 21.2 Å². The number of benzene rings is 2. The number of hydrogen-bond acceptors (Lipinski definition) is 2. The highest BCUT2D eigenvalue weighted by Gasteiger charge is 2.06. The Labute approximate surface area is 124 Å². The molecule has 0 aromatic heterocycles. The summed E-state index contributed by atoms with van der Waals surface area (Å²) in [5.41, 5.74) is 7.57. The molecule has 5 heteroatoms. The fourth-order valence-electron chi connectivity index (χ4n) is 1.55. The number of rotatable bonds is 3. The second-order valence-electron chi connectivity index (χ2n) is 3.91. The Morgan fingerprint density at radius 1 is 1.11 bits per heavy atom. The number of carbonyl (C=O) groups is 1. The maximum Gasteiger partial charge on any atom is 0.255 e. The van der Waals surface area contributed by atoms with Gasteiger partial charge in [-0.05, 0) is 42.5 Å². The molecule has 0 unspecified atom stereocenters. The number of carbonyl (C=O) groups excluding carboxylic acids is 1. The standard InChI is InChI=1S/C14H11BrN2OS/c15-11-3-1-2-10(8-11)14(18)17-12-6-4-9(5-7-12)13(16)19/h1-8H,(H2,16,19)(H,17,18). The summed E-state index contributed by atoms with van der Waals surface area (Å²) in [5, 5.41) is 2.81. The monoisotopic (exact) mass is 334 g/mol. The van der Waals surface area contributed by atoms with Crippen LogP contribution in [-0.4, -0.2) is 10.9 Å². The van der Waals surface area contributed by atoms with E-state index in [-0.39, 0.29) is 5.91 Å². The lowest BCUT2D eigenvalue weighted by Crippen LogP contribution is -2.12. The molecule has 0 saturated heterocycles. The zero-order valence-electron chi connectivity index (χ0n) is 9.89. The van der Waals surface area contributed by atoms with Crippen LogP contribution in [0.1, 0.15) is 15.9 Å². The Morgan fingerprint density at radius 2 is 1.79 bits per heavy atom. The van der Waals surface area contributed by atoms with Gasteiger partial charge in [-0.25, -0.2) is 0 Å². The van der Waals surface area contributed by atoms with E-state index >= 15 is 0 Å². The molecule has 3 nitrogen and oxygen atoms in total. The number of halogens is 1. The van der Waals surface area contributed by atoms with Crippen molar-refractivity contribution in [3.8, 4) is 0 Å². The summed E-state index contributed by atoms with van der Waals surface area (Å²) < 4.78 is 0.865. The van der Waals surface area contributed by atoms with Crippen LogP contribution in [0.3, 0.4) is 0 Å². The smallest absolute Gasteiger partial charge is 0.255 e. The normalized spacial score (nSPS) is 9.95. The first-order valence-corrected chi connectivity index (χ1v) is 6.73. The lowest BCUT2D eigenvalue weighted by atomic mass is 10.2. The Hall–Kier alpha value is -1.72. The van der Waals surface area contributed by atoms with Crippen LogP contribution in [0.15, 0.2) is 53.0 Å². The molecule has 96 valence electrons. The minimum atomic E-state index is -0.163. The molecule has 0 radical (unpaired) electrons. The molecule has 0 fully saturated rings. The summed E-state index contributed by atoms with van der Waals surface area (Å²) in [4.78, 5) is 12.3. The minimum Gasteiger partial charge on any atom is -0.389 e. The van der Waals surface area contributed by atoms with Crippen LogP contribution in [0.25, 0.3) is 0 Å². The highest BCUT2D eigenvalue weighted by atomic mass is 79.9. The van der Waals surface area contributed by atoms with Crippen LogP contribution >= 0.6 is 28.1 Å². The number of nitrogens with two attached hydrogens (primary N) is 1. The van der Waals surface area contributed by atoms with Gasteiger partial charge in [0.15, 0.2) is 0 Å². The molecule has 1 amide bonds. The van der Waals surface area contributed by atoms with Crippen molar-refractivity contribution in [3.63, 3.8) is 0 Å². The predicted octanol–water partition coefficient (Wildman–Crippen LogP) is 3.34. The first kappa shape index (κ1) is 13.7. The van der Waals surface area contributed by atoms with Gasteiger partial charge in [0.1, 0.15) is 4.99 Å². The first-order chi connectivity index (χ1) is 9.06. The molecule has 2 aromatic carbocycles. The highest BCUT2D eigenvalue weighted by Crippen LogP contribution is 2.14. The third-order valence-electron chi connectivity index (χ3n) is 2.51. The number of thiocarbonyl (C=S) groups is 1. The Balaban J connectivity index is 2.13. The summed E-state index contributed by atoms with van der Waals surface area (Å²) in [5.74, 6) is -0.163. The van der Waals surface area contributed by atoms with Crippen LogP contribution in [0.5, 0.6) is 0 Å². The molecular weight excluding hydrogens is 324 g/mol. The van der Waals surface area contributed by atoms with Crippen molar-refractivity contribution in [3.05, 3.63) is 64.1 Å². The summed E-state index contributed by atoms with van der Waals surface area (Å²) >= 11 is 8.20. The second kappa shape index (κ2) is 5.95. The quantitative estimate of drug-likeness (QED) is 0.846. The van der Waals surface area contributed by atoms with E-state index in [1.54, 1.807) is 36.4 Å². The zero-order valence-corrected chi connectivity index (χ0v) is 12.3. The number of nitrogens with one attached hydrogen (secondary N) is 1. The summed E-state index contributed by atoms with van der Waals surface area (Å²) in [6, 6.07) is 14.3. The molecule has 0 aliphatic rings. The van der Waals surface area contributed by atoms with Crippen molar-refractivity contribution in [2.75, 3.05) is 5.32 Å². The van der Waals surface area contributed by atoms with Gasteiger partial charge in [0.05, 0.1) is 0 Å². The Morgan fingerprint density at radius 3 is 2.37 bits per heavy atom. The predicted molar refractivity (Wildman–Crippen MR) is 84.4 cm³/mol. The molecule has 3 N–H and O–H groups in total. The van der Waals surface area contributed by atoms with Gasteiger partial charge in [-0.1, -0.05) is 34.2 Å². The molecule has 0 atom stereocenters. The van der Waals surface area contributed by atoms with E-state index in [0.29, 0.717) is 16.2 Å². The average molecular weight is 335 g/mol. The SMILES string of the molecule is NC(=S)c1ccc(NC(=O)c2cccc(Br)c2)cc1. The molecular formula is C14H11BrN2OS. The average Bonchev–Trinajstić information content (AvgIpc) is 2.39. The van der Waals surface area contributed by atoms with Gasteiger partial charge in [-0.15, -0.1) is 0 Å². The summed E-state index contributed by atoms with van der Waals surface area (Å²) in [6.07, 6.45) is 0. The second-order valence-corrected chi connectivity index (χ2v) is 5.26. The van der Waals surface area contributed by atoms with Gasteiger partial charge in [-0.3, -0.25) is 4.79 Å². The summed E-state index contributed by atoms with van der Waals surface area (Å²) in [7, 11) is 0. The molecule has 2 aromatic rings. The van der Waals surface area contributed by atoms with Crippen LogP contribution in [0.4, 0.5) is 5.69 Å². The van der Waals surface area contributed by atoms with Crippen LogP contribution < -0.4 is 11.1 Å². The fourth-order valence-corrected chi connectivity index (χ4v) is 2.09. The van der Waals surface area contributed by atoms with Crippen molar-refractivity contribution in [2.45, 2.75) is 0 Å². The fraction of sp³-hybridized carbons (Fsp3) is 0. The van der Waals surface area contributed by atoms with E-state index in [1.807, 2.05) is 12.1 Å². The maximum atomic E-state index is 12.0. The maximum absolute atomic E-state index is 12.0. The van der Waals surface area contributed by atoms with Gasteiger partial charge in [-0.2, -0.15) is 0 Å². The van der Waals surface area contributed by atoms with Crippen LogP contribution in [-0.2, 0) is 0 Å². The third kappa shape index (κ3) is 3.62. The van der Waals surface area contributed by atoms with Gasteiger partial charge >= 0.3 is 0 Å². The van der Waals surface area contributed by atoms with E-state index in [1.165, 1.54) is 0 Å². The molecule has 0 heterocycles. The van der Waals surface area contributed by atoms with Crippen molar-refractivity contribution in [1.82, 2.24) is 0 Å². The largest absolute Gasteiger partial charge is 0.389 e.